The molecule has 1 saturated heterocycles. The lowest BCUT2D eigenvalue weighted by Gasteiger charge is -2.47. The number of hydrogen-bond donors (Lipinski definition) is 0. The normalized spacial score (nSPS) is 19.7. The van der Waals surface area contributed by atoms with Crippen LogP contribution in [0.3, 0.4) is 0 Å². The van der Waals surface area contributed by atoms with E-state index in [0.717, 1.165) is 17.8 Å². The molecule has 1 aliphatic heterocycles. The van der Waals surface area contributed by atoms with Crippen molar-refractivity contribution in [1.82, 2.24) is 19.6 Å². The van der Waals surface area contributed by atoms with E-state index in [-0.39, 0.29) is 35.3 Å². The molecule has 0 saturated carbocycles. The van der Waals surface area contributed by atoms with E-state index in [2.05, 4.69) is 5.10 Å². The Hall–Kier alpha value is -2.95. The summed E-state index contributed by atoms with van der Waals surface area (Å²) in [5.74, 6) is 0. The summed E-state index contributed by atoms with van der Waals surface area (Å²) in [5, 5.41) is 4.26. The van der Waals surface area contributed by atoms with Crippen molar-refractivity contribution >= 4 is 23.8 Å². The van der Waals surface area contributed by atoms with Gasteiger partial charge in [-0.25, -0.2) is 9.59 Å². The molecule has 0 spiro atoms. The average Bonchev–Trinajstić information content (AvgIpc) is 3.32. The lowest BCUT2D eigenvalue weighted by atomic mass is 9.87. The molecule has 1 aromatic carbocycles. The Morgan fingerprint density at radius 2 is 1.87 bits per heavy atom. The maximum Gasteiger partial charge on any atom is 0.416 e. The molecule has 0 N–H and O–H groups in total. The summed E-state index contributed by atoms with van der Waals surface area (Å²) in [7, 11) is 1.23. The lowest BCUT2D eigenvalue weighted by Crippen LogP contribution is -2.58. The van der Waals surface area contributed by atoms with Gasteiger partial charge >= 0.3 is 18.4 Å². The number of benzene rings is 1. The summed E-state index contributed by atoms with van der Waals surface area (Å²) < 4.78 is 52.8. The Labute approximate surface area is 232 Å². The molecule has 0 bridgehead atoms. The fraction of sp³-hybridized carbons (Fsp3) is 0.593. The molecule has 1 fully saturated rings. The zero-order valence-corrected chi connectivity index (χ0v) is 23.6. The van der Waals surface area contributed by atoms with Crippen molar-refractivity contribution < 1.29 is 32.2 Å². The van der Waals surface area contributed by atoms with Crippen LogP contribution in [-0.2, 0) is 35.2 Å². The molecule has 3 unspecified atom stereocenters. The van der Waals surface area contributed by atoms with Crippen LogP contribution in [0.1, 0.15) is 63.8 Å². The molecule has 3 atom stereocenters. The van der Waals surface area contributed by atoms with Crippen LogP contribution < -0.4 is 0 Å². The van der Waals surface area contributed by atoms with E-state index in [1.165, 1.54) is 18.1 Å². The molecule has 39 heavy (non-hydrogen) atoms. The van der Waals surface area contributed by atoms with E-state index >= 15 is 0 Å². The second kappa shape index (κ2) is 12.9. The van der Waals surface area contributed by atoms with Crippen molar-refractivity contribution in [3.63, 3.8) is 0 Å². The minimum atomic E-state index is -4.58. The number of alkyl halides is 3. The Balaban J connectivity index is 1.98. The molecule has 2 heterocycles. The summed E-state index contributed by atoms with van der Waals surface area (Å²) in [5.41, 5.74) is 0.267. The minimum Gasteiger partial charge on any atom is -0.453 e. The second-order valence-electron chi connectivity index (χ2n) is 9.97. The number of halogens is 4. The molecule has 1 aromatic heterocycles. The lowest BCUT2D eigenvalue weighted by molar-refractivity contribution is -0.137. The highest BCUT2D eigenvalue weighted by Gasteiger charge is 2.42. The van der Waals surface area contributed by atoms with Crippen molar-refractivity contribution in [3.05, 3.63) is 52.3 Å². The molecule has 216 valence electrons. The van der Waals surface area contributed by atoms with Crippen molar-refractivity contribution in [2.45, 2.75) is 96.9 Å². The number of aryl methyl sites for hydroxylation is 1. The number of hydrogen-bond acceptors (Lipinski definition) is 5. The number of piperidine rings is 1. The Morgan fingerprint density at radius 1 is 1.18 bits per heavy atom. The van der Waals surface area contributed by atoms with Gasteiger partial charge < -0.3 is 19.3 Å². The molecule has 12 heteroatoms. The number of ether oxygens (including phenoxy) is 2. The number of likely N-dealkylation sites (tertiary alicyclic amines) is 1. The number of methoxy groups -OCH3 is 1. The zero-order valence-electron chi connectivity index (χ0n) is 22.9. The molecule has 3 rings (SSSR count). The van der Waals surface area contributed by atoms with Crippen molar-refractivity contribution in [2.24, 2.45) is 0 Å². The quantitative estimate of drug-likeness (QED) is 0.359. The Bertz CT molecular complexity index is 1140. The van der Waals surface area contributed by atoms with Crippen LogP contribution >= 0.6 is 11.6 Å². The smallest absolute Gasteiger partial charge is 0.416 e. The van der Waals surface area contributed by atoms with Crippen LogP contribution in [0.2, 0.25) is 5.02 Å². The van der Waals surface area contributed by atoms with Gasteiger partial charge in [-0.3, -0.25) is 4.68 Å². The fourth-order valence-electron chi connectivity index (χ4n) is 5.23. The van der Waals surface area contributed by atoms with Gasteiger partial charge in [-0.05, 0) is 69.9 Å². The maximum absolute atomic E-state index is 13.4. The van der Waals surface area contributed by atoms with Gasteiger partial charge in [0.25, 0.3) is 0 Å². The standard InChI is InChI=1S/C27H36ClF3N4O4/c1-6-21-13-23(33(25(36)38-5)16-18-10-19(27(29,30)31)12-20(28)11-18)15-24(35(21)26(37)39-17(3)4)14-22-8-9-32-34(22)7-2/h8-12,17,21,23-24H,6-7,13-16H2,1-5H3. The Kier molecular flexibility index (Phi) is 10.1. The van der Waals surface area contributed by atoms with Crippen LogP contribution in [-0.4, -0.2) is 63.1 Å². The van der Waals surface area contributed by atoms with E-state index < -0.39 is 30.0 Å². The van der Waals surface area contributed by atoms with Gasteiger partial charge in [0.2, 0.25) is 0 Å². The van der Waals surface area contributed by atoms with Crippen molar-refractivity contribution in [2.75, 3.05) is 7.11 Å². The van der Waals surface area contributed by atoms with Gasteiger partial charge in [-0.1, -0.05) is 18.5 Å². The predicted octanol–water partition coefficient (Wildman–Crippen LogP) is 6.54. The van der Waals surface area contributed by atoms with Crippen LogP contribution in [0.15, 0.2) is 30.5 Å². The van der Waals surface area contributed by atoms with Crippen LogP contribution in [0.25, 0.3) is 0 Å². The highest BCUT2D eigenvalue weighted by atomic mass is 35.5. The first-order valence-corrected chi connectivity index (χ1v) is 13.5. The minimum absolute atomic E-state index is 0.0759. The number of amides is 2. The van der Waals surface area contributed by atoms with E-state index in [1.807, 2.05) is 24.6 Å². The summed E-state index contributed by atoms with van der Waals surface area (Å²) in [6.07, 6.45) is -2.45. The molecule has 0 aliphatic carbocycles. The first kappa shape index (κ1) is 30.6. The van der Waals surface area contributed by atoms with E-state index in [0.29, 0.717) is 32.2 Å². The summed E-state index contributed by atoms with van der Waals surface area (Å²) >= 11 is 6.01. The molecular weight excluding hydrogens is 537 g/mol. The number of carbonyl (C=O) groups excluding carboxylic acids is 2. The van der Waals surface area contributed by atoms with Gasteiger partial charge in [0.15, 0.2) is 0 Å². The monoisotopic (exact) mass is 572 g/mol. The third-order valence-electron chi connectivity index (χ3n) is 6.93. The molecule has 1 aliphatic rings. The van der Waals surface area contributed by atoms with Crippen LogP contribution in [0.4, 0.5) is 22.8 Å². The van der Waals surface area contributed by atoms with E-state index in [1.54, 1.807) is 24.9 Å². The van der Waals surface area contributed by atoms with E-state index in [4.69, 9.17) is 21.1 Å². The van der Waals surface area contributed by atoms with Crippen LogP contribution in [0.5, 0.6) is 0 Å². The number of rotatable bonds is 8. The van der Waals surface area contributed by atoms with Crippen LogP contribution in [0, 0.1) is 0 Å². The molecule has 8 nitrogen and oxygen atoms in total. The third kappa shape index (κ3) is 7.58. The summed E-state index contributed by atoms with van der Waals surface area (Å²) in [4.78, 5) is 29.4. The summed E-state index contributed by atoms with van der Waals surface area (Å²) in [6.45, 7) is 8.01. The number of carbonyl (C=O) groups is 2. The first-order valence-electron chi connectivity index (χ1n) is 13.1. The average molecular weight is 573 g/mol. The molecular formula is C27H36ClF3N4O4. The van der Waals surface area contributed by atoms with Gasteiger partial charge in [0, 0.05) is 54.5 Å². The van der Waals surface area contributed by atoms with Crippen molar-refractivity contribution in [3.8, 4) is 0 Å². The largest absolute Gasteiger partial charge is 0.453 e. The van der Waals surface area contributed by atoms with E-state index in [9.17, 15) is 22.8 Å². The summed E-state index contributed by atoms with van der Waals surface area (Å²) in [6, 6.07) is 4.12. The van der Waals surface area contributed by atoms with Gasteiger partial charge in [-0.15, -0.1) is 0 Å². The topological polar surface area (TPSA) is 76.9 Å². The highest BCUT2D eigenvalue weighted by Crippen LogP contribution is 2.35. The third-order valence-corrected chi connectivity index (χ3v) is 7.15. The van der Waals surface area contributed by atoms with Crippen molar-refractivity contribution in [1.29, 1.82) is 0 Å². The fourth-order valence-corrected chi connectivity index (χ4v) is 5.49. The number of nitrogens with zero attached hydrogens (tertiary/aromatic N) is 4. The van der Waals surface area contributed by atoms with Gasteiger partial charge in [-0.2, -0.15) is 18.3 Å². The maximum atomic E-state index is 13.4. The highest BCUT2D eigenvalue weighted by molar-refractivity contribution is 6.30. The molecule has 2 amide bonds. The zero-order chi connectivity index (χ0) is 28.9. The first-order chi connectivity index (χ1) is 18.4. The predicted molar refractivity (Wildman–Crippen MR) is 140 cm³/mol. The Morgan fingerprint density at radius 3 is 2.46 bits per heavy atom. The second-order valence-corrected chi connectivity index (χ2v) is 10.4. The number of aromatic nitrogens is 2. The SMILES string of the molecule is CCC1CC(N(Cc2cc(Cl)cc(C(F)(F)F)c2)C(=O)OC)CC(Cc2ccnn2CC)N1C(=O)OC(C)C. The van der Waals surface area contributed by atoms with Gasteiger partial charge in [0.05, 0.1) is 18.8 Å². The molecule has 0 radical (unpaired) electrons. The van der Waals surface area contributed by atoms with Gasteiger partial charge in [0.1, 0.15) is 0 Å². The molecule has 2 aromatic rings.